The van der Waals surface area contributed by atoms with Crippen molar-refractivity contribution in [3.8, 4) is 5.75 Å². The van der Waals surface area contributed by atoms with Crippen molar-refractivity contribution in [2.45, 2.75) is 6.42 Å². The standard InChI is InChI=1S/C12H16N2O4/c1-17-10-6-4-3-5-9(10)12(16)13-8-7-11(15)14-18-2/h3-6H,7-8H2,1-2H3,(H,13,16)(H,14,15). The van der Waals surface area contributed by atoms with E-state index in [1.54, 1.807) is 24.3 Å². The molecular formula is C12H16N2O4. The summed E-state index contributed by atoms with van der Waals surface area (Å²) in [5.41, 5.74) is 2.60. The molecule has 0 heterocycles. The van der Waals surface area contributed by atoms with Gasteiger partial charge in [0.05, 0.1) is 19.8 Å². The number of hydrogen-bond donors (Lipinski definition) is 2. The minimum absolute atomic E-state index is 0.148. The van der Waals surface area contributed by atoms with Crippen molar-refractivity contribution in [1.82, 2.24) is 10.8 Å². The van der Waals surface area contributed by atoms with Crippen molar-refractivity contribution >= 4 is 11.8 Å². The molecule has 0 unspecified atom stereocenters. The van der Waals surface area contributed by atoms with Gasteiger partial charge in [0, 0.05) is 13.0 Å². The third-order valence-electron chi connectivity index (χ3n) is 2.21. The van der Waals surface area contributed by atoms with E-state index in [2.05, 4.69) is 15.6 Å². The van der Waals surface area contributed by atoms with Gasteiger partial charge in [-0.05, 0) is 12.1 Å². The number of methoxy groups -OCH3 is 1. The van der Waals surface area contributed by atoms with E-state index in [1.807, 2.05) is 0 Å². The van der Waals surface area contributed by atoms with Crippen LogP contribution in [0, 0.1) is 0 Å². The van der Waals surface area contributed by atoms with Gasteiger partial charge in [-0.15, -0.1) is 0 Å². The molecule has 0 saturated carbocycles. The zero-order valence-electron chi connectivity index (χ0n) is 10.4. The molecule has 0 spiro atoms. The summed E-state index contributed by atoms with van der Waals surface area (Å²) < 4.78 is 5.07. The molecule has 2 N–H and O–H groups in total. The van der Waals surface area contributed by atoms with Crippen LogP contribution in [0.2, 0.25) is 0 Å². The van der Waals surface area contributed by atoms with Gasteiger partial charge in [-0.25, -0.2) is 5.48 Å². The molecule has 0 aliphatic heterocycles. The molecule has 1 aromatic rings. The van der Waals surface area contributed by atoms with Crippen molar-refractivity contribution < 1.29 is 19.2 Å². The monoisotopic (exact) mass is 252 g/mol. The van der Waals surface area contributed by atoms with E-state index in [9.17, 15) is 9.59 Å². The van der Waals surface area contributed by atoms with Gasteiger partial charge in [-0.2, -0.15) is 0 Å². The van der Waals surface area contributed by atoms with Crippen LogP contribution in [-0.2, 0) is 9.63 Å². The molecule has 6 nitrogen and oxygen atoms in total. The van der Waals surface area contributed by atoms with Gasteiger partial charge in [-0.3, -0.25) is 14.4 Å². The molecule has 6 heteroatoms. The van der Waals surface area contributed by atoms with Crippen LogP contribution in [0.4, 0.5) is 0 Å². The molecule has 0 aromatic heterocycles. The first kappa shape index (κ1) is 14.0. The number of carbonyl (C=O) groups is 2. The van der Waals surface area contributed by atoms with Gasteiger partial charge in [0.25, 0.3) is 5.91 Å². The summed E-state index contributed by atoms with van der Waals surface area (Å²) in [4.78, 5) is 27.3. The number of rotatable bonds is 6. The maximum atomic E-state index is 11.8. The van der Waals surface area contributed by atoms with Crippen LogP contribution in [0.1, 0.15) is 16.8 Å². The lowest BCUT2D eigenvalue weighted by Gasteiger charge is -2.08. The minimum atomic E-state index is -0.294. The van der Waals surface area contributed by atoms with E-state index in [4.69, 9.17) is 4.74 Å². The summed E-state index contributed by atoms with van der Waals surface area (Å²) in [5.74, 6) is -0.0770. The smallest absolute Gasteiger partial charge is 0.255 e. The number of hydrogen-bond acceptors (Lipinski definition) is 4. The predicted octanol–water partition coefficient (Wildman–Crippen LogP) is 0.493. The topological polar surface area (TPSA) is 76.7 Å². The average Bonchev–Trinajstić information content (AvgIpc) is 2.38. The average molecular weight is 252 g/mol. The molecule has 0 atom stereocenters. The predicted molar refractivity (Wildman–Crippen MR) is 65.1 cm³/mol. The second-order valence-electron chi connectivity index (χ2n) is 3.44. The Balaban J connectivity index is 2.48. The Bertz CT molecular complexity index is 420. The van der Waals surface area contributed by atoms with E-state index in [0.29, 0.717) is 11.3 Å². The second kappa shape index (κ2) is 7.29. The summed E-state index contributed by atoms with van der Waals surface area (Å²) in [6.45, 7) is 0.228. The molecule has 1 rings (SSSR count). The van der Waals surface area contributed by atoms with Gasteiger partial charge < -0.3 is 10.1 Å². The van der Waals surface area contributed by atoms with E-state index in [1.165, 1.54) is 14.2 Å². The molecule has 0 radical (unpaired) electrons. The number of amides is 2. The van der Waals surface area contributed by atoms with Crippen molar-refractivity contribution in [3.63, 3.8) is 0 Å². The van der Waals surface area contributed by atoms with Crippen molar-refractivity contribution in [2.24, 2.45) is 0 Å². The number of nitrogens with one attached hydrogen (secondary N) is 2. The Labute approximate surface area is 105 Å². The van der Waals surface area contributed by atoms with Gasteiger partial charge >= 0.3 is 0 Å². The fraction of sp³-hybridized carbons (Fsp3) is 0.333. The Morgan fingerprint density at radius 1 is 1.22 bits per heavy atom. The summed E-state index contributed by atoms with van der Waals surface area (Å²) in [6.07, 6.45) is 0.148. The van der Waals surface area contributed by atoms with Crippen LogP contribution in [0.5, 0.6) is 5.75 Å². The largest absolute Gasteiger partial charge is 0.496 e. The highest BCUT2D eigenvalue weighted by atomic mass is 16.6. The number of benzene rings is 1. The molecule has 18 heavy (non-hydrogen) atoms. The highest BCUT2D eigenvalue weighted by Gasteiger charge is 2.11. The fourth-order valence-electron chi connectivity index (χ4n) is 1.38. The first-order valence-corrected chi connectivity index (χ1v) is 5.42. The molecule has 98 valence electrons. The van der Waals surface area contributed by atoms with Gasteiger partial charge in [-0.1, -0.05) is 12.1 Å². The van der Waals surface area contributed by atoms with E-state index < -0.39 is 0 Å². The summed E-state index contributed by atoms with van der Waals surface area (Å²) in [5, 5.41) is 2.63. The maximum Gasteiger partial charge on any atom is 0.255 e. The van der Waals surface area contributed by atoms with Crippen LogP contribution in [0.3, 0.4) is 0 Å². The summed E-state index contributed by atoms with van der Waals surface area (Å²) >= 11 is 0. The Kier molecular flexibility index (Phi) is 5.66. The van der Waals surface area contributed by atoms with Crippen molar-refractivity contribution in [2.75, 3.05) is 20.8 Å². The maximum absolute atomic E-state index is 11.8. The van der Waals surface area contributed by atoms with Crippen LogP contribution in [0.25, 0.3) is 0 Å². The first-order valence-electron chi connectivity index (χ1n) is 5.42. The molecule has 0 aliphatic rings. The van der Waals surface area contributed by atoms with Gasteiger partial charge in [0.15, 0.2) is 0 Å². The van der Waals surface area contributed by atoms with Crippen molar-refractivity contribution in [3.05, 3.63) is 29.8 Å². The Morgan fingerprint density at radius 3 is 2.61 bits per heavy atom. The van der Waals surface area contributed by atoms with E-state index in [-0.39, 0.29) is 24.8 Å². The van der Waals surface area contributed by atoms with Gasteiger partial charge in [0.1, 0.15) is 5.75 Å². The summed E-state index contributed by atoms with van der Waals surface area (Å²) in [6, 6.07) is 6.88. The number of para-hydroxylation sites is 1. The van der Waals surface area contributed by atoms with E-state index in [0.717, 1.165) is 0 Å². The molecule has 0 fully saturated rings. The van der Waals surface area contributed by atoms with Crippen molar-refractivity contribution in [1.29, 1.82) is 0 Å². The quantitative estimate of drug-likeness (QED) is 0.722. The number of carbonyl (C=O) groups excluding carboxylic acids is 2. The number of ether oxygens (including phenoxy) is 1. The first-order chi connectivity index (χ1) is 8.69. The summed E-state index contributed by atoms with van der Waals surface area (Å²) in [7, 11) is 2.85. The molecule has 2 amide bonds. The number of hydroxylamine groups is 1. The SMILES string of the molecule is CONC(=O)CCNC(=O)c1ccccc1OC. The van der Waals surface area contributed by atoms with E-state index >= 15 is 0 Å². The van der Waals surface area contributed by atoms with Crippen LogP contribution in [-0.4, -0.2) is 32.6 Å². The molecular weight excluding hydrogens is 236 g/mol. The van der Waals surface area contributed by atoms with Crippen LogP contribution in [0.15, 0.2) is 24.3 Å². The van der Waals surface area contributed by atoms with Crippen LogP contribution < -0.4 is 15.5 Å². The normalized spacial score (nSPS) is 9.67. The third kappa shape index (κ3) is 4.06. The highest BCUT2D eigenvalue weighted by molar-refractivity contribution is 5.97. The molecule has 0 saturated heterocycles. The third-order valence-corrected chi connectivity index (χ3v) is 2.21. The zero-order chi connectivity index (χ0) is 13.4. The Morgan fingerprint density at radius 2 is 1.94 bits per heavy atom. The second-order valence-corrected chi connectivity index (χ2v) is 3.44. The zero-order valence-corrected chi connectivity index (χ0v) is 10.4. The molecule has 0 aliphatic carbocycles. The molecule has 1 aromatic carbocycles. The fourth-order valence-corrected chi connectivity index (χ4v) is 1.38. The lowest BCUT2D eigenvalue weighted by molar-refractivity contribution is -0.131. The Hall–Kier alpha value is -2.08. The van der Waals surface area contributed by atoms with Gasteiger partial charge in [0.2, 0.25) is 5.91 Å². The lowest BCUT2D eigenvalue weighted by Crippen LogP contribution is -2.30. The molecule has 0 bridgehead atoms. The lowest BCUT2D eigenvalue weighted by atomic mass is 10.2. The highest BCUT2D eigenvalue weighted by Crippen LogP contribution is 2.16. The van der Waals surface area contributed by atoms with Crippen LogP contribution >= 0.6 is 0 Å². The minimum Gasteiger partial charge on any atom is -0.496 e.